The van der Waals surface area contributed by atoms with Crippen molar-refractivity contribution in [3.63, 3.8) is 0 Å². The molecule has 32 heavy (non-hydrogen) atoms. The van der Waals surface area contributed by atoms with Crippen molar-refractivity contribution in [2.75, 3.05) is 6.61 Å². The van der Waals surface area contributed by atoms with Crippen LogP contribution in [0.1, 0.15) is 33.6 Å². The highest BCUT2D eigenvalue weighted by molar-refractivity contribution is 5.75. The van der Waals surface area contributed by atoms with Gasteiger partial charge >= 0.3 is 47.7 Å². The van der Waals surface area contributed by atoms with Gasteiger partial charge in [0.05, 0.1) is 18.4 Å². The average molecular weight is 512 g/mol. The zero-order valence-corrected chi connectivity index (χ0v) is 16.1. The summed E-state index contributed by atoms with van der Waals surface area (Å²) in [6.07, 6.45) is -10.3. The Balaban J connectivity index is 6.03. The van der Waals surface area contributed by atoms with Crippen LogP contribution in [0.25, 0.3) is 0 Å². The lowest BCUT2D eigenvalue weighted by molar-refractivity contribution is -0.452. The molecule has 17 heteroatoms. The topological polar surface area (TPSA) is 26.3 Å². The molecule has 0 saturated heterocycles. The highest BCUT2D eigenvalue weighted by atomic mass is 19.4. The van der Waals surface area contributed by atoms with E-state index in [1.54, 1.807) is 0 Å². The first-order valence-electron chi connectivity index (χ1n) is 8.20. The Labute approximate surface area is 170 Å². The Bertz CT molecular complexity index is 679. The van der Waals surface area contributed by atoms with Gasteiger partial charge in [0, 0.05) is 0 Å². The monoisotopic (exact) mass is 512 g/mol. The van der Waals surface area contributed by atoms with E-state index in [0.717, 1.165) is 0 Å². The predicted octanol–water partition coefficient (Wildman–Crippen LogP) is 6.73. The van der Waals surface area contributed by atoms with Crippen LogP contribution in [0.4, 0.5) is 65.9 Å². The first kappa shape index (κ1) is 30.4. The van der Waals surface area contributed by atoms with Crippen LogP contribution in [-0.4, -0.2) is 54.3 Å². The molecular weight excluding hydrogens is 497 g/mol. The lowest BCUT2D eigenvalue weighted by Gasteiger charge is -2.41. The van der Waals surface area contributed by atoms with Crippen molar-refractivity contribution in [3.05, 3.63) is 0 Å². The van der Waals surface area contributed by atoms with Gasteiger partial charge in [-0.2, -0.15) is 65.9 Å². The van der Waals surface area contributed by atoms with Crippen LogP contribution in [0, 0.1) is 5.41 Å². The Morgan fingerprint density at radius 3 is 1.31 bits per heavy atom. The number of alkyl halides is 15. The third-order valence-electron chi connectivity index (χ3n) is 4.48. The summed E-state index contributed by atoms with van der Waals surface area (Å²) in [5.41, 5.74) is -1.40. The summed E-state index contributed by atoms with van der Waals surface area (Å²) >= 11 is 0. The van der Waals surface area contributed by atoms with Crippen molar-refractivity contribution in [1.82, 2.24) is 0 Å². The molecule has 0 bridgehead atoms. The van der Waals surface area contributed by atoms with Gasteiger partial charge in [-0.05, 0) is 20.3 Å². The number of esters is 1. The Morgan fingerprint density at radius 2 is 0.969 bits per heavy atom. The van der Waals surface area contributed by atoms with Crippen molar-refractivity contribution >= 4 is 5.97 Å². The minimum atomic E-state index is -8.33. The number of hydrogen-bond donors (Lipinski definition) is 0. The molecule has 0 aliphatic heterocycles. The van der Waals surface area contributed by atoms with E-state index in [2.05, 4.69) is 4.74 Å². The number of hydrogen-bond acceptors (Lipinski definition) is 2. The molecule has 0 aliphatic rings. The van der Waals surface area contributed by atoms with E-state index in [-0.39, 0.29) is 6.42 Å². The van der Waals surface area contributed by atoms with Gasteiger partial charge in [-0.3, -0.25) is 4.79 Å². The van der Waals surface area contributed by atoms with E-state index < -0.39 is 66.1 Å². The van der Waals surface area contributed by atoms with Gasteiger partial charge in [-0.1, -0.05) is 6.92 Å². The van der Waals surface area contributed by atoms with Crippen molar-refractivity contribution in [1.29, 1.82) is 0 Å². The molecule has 0 aromatic rings. The third-order valence-corrected chi connectivity index (χ3v) is 4.48. The Morgan fingerprint density at radius 1 is 0.625 bits per heavy atom. The number of halogens is 15. The smallest absolute Gasteiger partial charge is 0.460 e. The minimum absolute atomic E-state index is 0.00875. The molecular formula is C15H15F15O2. The number of carbonyl (C=O) groups is 1. The summed E-state index contributed by atoms with van der Waals surface area (Å²) < 4.78 is 199. The predicted molar refractivity (Wildman–Crippen MR) is 75.4 cm³/mol. The fraction of sp³-hybridized carbons (Fsp3) is 0.933. The standard InChI is InChI=1S/C15H15F15O2/c1-4-8(2,3)7(31)32-6-5-9(16,17)10(18,19)11(20,21)12(22,23)13(24,25)14(26,27)15(28,29)30/h4-6H2,1-3H3. The van der Waals surface area contributed by atoms with Gasteiger partial charge in [0.2, 0.25) is 0 Å². The number of carbonyl (C=O) groups excluding carboxylic acids is 1. The fourth-order valence-corrected chi connectivity index (χ4v) is 1.77. The minimum Gasteiger partial charge on any atom is -0.465 e. The maximum atomic E-state index is 13.6. The van der Waals surface area contributed by atoms with E-state index in [9.17, 15) is 70.7 Å². The Kier molecular flexibility index (Phi) is 7.92. The van der Waals surface area contributed by atoms with Crippen LogP contribution >= 0.6 is 0 Å². The second-order valence-corrected chi connectivity index (χ2v) is 7.20. The average Bonchev–Trinajstić information content (AvgIpc) is 2.59. The van der Waals surface area contributed by atoms with E-state index >= 15 is 0 Å². The molecule has 0 saturated carbocycles. The van der Waals surface area contributed by atoms with Crippen LogP contribution in [0.2, 0.25) is 0 Å². The van der Waals surface area contributed by atoms with E-state index in [4.69, 9.17) is 0 Å². The quantitative estimate of drug-likeness (QED) is 0.240. The molecule has 0 aliphatic carbocycles. The van der Waals surface area contributed by atoms with Gasteiger partial charge in [0.15, 0.2) is 0 Å². The molecule has 192 valence electrons. The van der Waals surface area contributed by atoms with Crippen molar-refractivity contribution in [3.8, 4) is 0 Å². The van der Waals surface area contributed by atoms with Crippen molar-refractivity contribution in [2.45, 2.75) is 75.3 Å². The first-order valence-corrected chi connectivity index (χ1v) is 8.20. The van der Waals surface area contributed by atoms with Crippen LogP contribution in [0.15, 0.2) is 0 Å². The second-order valence-electron chi connectivity index (χ2n) is 7.20. The molecule has 0 N–H and O–H groups in total. The Hall–Kier alpha value is -1.58. The maximum absolute atomic E-state index is 13.6. The van der Waals surface area contributed by atoms with Crippen molar-refractivity contribution in [2.24, 2.45) is 5.41 Å². The van der Waals surface area contributed by atoms with E-state index in [1.165, 1.54) is 20.8 Å². The molecule has 0 fully saturated rings. The van der Waals surface area contributed by atoms with Crippen LogP contribution in [0.3, 0.4) is 0 Å². The van der Waals surface area contributed by atoms with Crippen LogP contribution in [0.5, 0.6) is 0 Å². The zero-order valence-electron chi connectivity index (χ0n) is 16.1. The van der Waals surface area contributed by atoms with Gasteiger partial charge in [-0.25, -0.2) is 0 Å². The first-order chi connectivity index (χ1) is 13.7. The molecule has 0 amide bonds. The third kappa shape index (κ3) is 4.56. The van der Waals surface area contributed by atoms with Crippen LogP contribution < -0.4 is 0 Å². The molecule has 0 atom stereocenters. The lowest BCUT2D eigenvalue weighted by Crippen LogP contribution is -2.72. The molecule has 0 rings (SSSR count). The largest absolute Gasteiger partial charge is 0.465 e. The molecule has 0 unspecified atom stereocenters. The summed E-state index contributed by atoms with van der Waals surface area (Å²) in [6, 6.07) is 0. The molecule has 0 radical (unpaired) electrons. The fourth-order valence-electron chi connectivity index (χ4n) is 1.77. The van der Waals surface area contributed by atoms with Crippen LogP contribution in [-0.2, 0) is 9.53 Å². The lowest BCUT2D eigenvalue weighted by atomic mass is 9.90. The van der Waals surface area contributed by atoms with Crippen molar-refractivity contribution < 1.29 is 75.4 Å². The van der Waals surface area contributed by atoms with Gasteiger partial charge in [-0.15, -0.1) is 0 Å². The summed E-state index contributed by atoms with van der Waals surface area (Å²) in [5.74, 6) is -48.1. The molecule has 0 heterocycles. The SMILES string of the molecule is CCC(C)(C)C(=O)OCCC(F)(F)C(F)(F)C(F)(F)C(F)(F)C(F)(F)C(F)(F)C(F)(F)F. The number of ether oxygens (including phenoxy) is 1. The maximum Gasteiger partial charge on any atom is 0.460 e. The molecule has 0 spiro atoms. The highest BCUT2D eigenvalue weighted by Gasteiger charge is 2.93. The molecule has 0 aromatic heterocycles. The number of rotatable bonds is 10. The van der Waals surface area contributed by atoms with Gasteiger partial charge in [0.25, 0.3) is 0 Å². The summed E-state index contributed by atoms with van der Waals surface area (Å²) in [6.45, 7) is 1.87. The normalized spacial score (nSPS) is 15.7. The van der Waals surface area contributed by atoms with Gasteiger partial charge < -0.3 is 4.74 Å². The van der Waals surface area contributed by atoms with E-state index in [1.807, 2.05) is 0 Å². The molecule has 0 aromatic carbocycles. The zero-order chi connectivity index (χ0) is 26.4. The summed E-state index contributed by atoms with van der Waals surface area (Å²) in [4.78, 5) is 11.5. The summed E-state index contributed by atoms with van der Waals surface area (Å²) in [7, 11) is 0. The van der Waals surface area contributed by atoms with E-state index in [0.29, 0.717) is 0 Å². The highest BCUT2D eigenvalue weighted by Crippen LogP contribution is 2.62. The molecule has 2 nitrogen and oxygen atoms in total. The summed E-state index contributed by atoms with van der Waals surface area (Å²) in [5, 5.41) is 0. The second kappa shape index (κ2) is 8.33. The van der Waals surface area contributed by atoms with Gasteiger partial charge in [0.1, 0.15) is 0 Å².